The summed E-state index contributed by atoms with van der Waals surface area (Å²) in [5.74, 6) is 0. The fourth-order valence-electron chi connectivity index (χ4n) is 1.15. The van der Waals surface area contributed by atoms with Gasteiger partial charge in [0.1, 0.15) is 6.34 Å². The Morgan fingerprint density at radius 3 is 2.75 bits per heavy atom. The second kappa shape index (κ2) is 4.70. The molecule has 12 heavy (non-hydrogen) atoms. The first-order chi connectivity index (χ1) is 5.79. The summed E-state index contributed by atoms with van der Waals surface area (Å²) >= 11 is 3.59. The van der Waals surface area contributed by atoms with Crippen molar-refractivity contribution in [1.82, 2.24) is 9.91 Å². The SMILES string of the molecule is CCCCN1C=NN(CC)C1Br. The molecular weight excluding hydrogens is 218 g/mol. The summed E-state index contributed by atoms with van der Waals surface area (Å²) in [7, 11) is 0. The molecule has 0 bridgehead atoms. The van der Waals surface area contributed by atoms with Crippen molar-refractivity contribution in [2.75, 3.05) is 13.1 Å². The van der Waals surface area contributed by atoms with Crippen molar-refractivity contribution in [3.63, 3.8) is 0 Å². The molecule has 0 aromatic carbocycles. The van der Waals surface area contributed by atoms with Gasteiger partial charge in [0.05, 0.1) is 0 Å². The third kappa shape index (κ3) is 2.12. The van der Waals surface area contributed by atoms with Crippen molar-refractivity contribution >= 4 is 22.3 Å². The Kier molecular flexibility index (Phi) is 3.85. The Balaban J connectivity index is 2.34. The Bertz CT molecular complexity index is 160. The topological polar surface area (TPSA) is 18.8 Å². The highest BCUT2D eigenvalue weighted by molar-refractivity contribution is 9.09. The molecule has 1 aliphatic heterocycles. The van der Waals surface area contributed by atoms with Crippen LogP contribution in [0.2, 0.25) is 0 Å². The van der Waals surface area contributed by atoms with Crippen molar-refractivity contribution in [3.05, 3.63) is 0 Å². The van der Waals surface area contributed by atoms with E-state index in [-0.39, 0.29) is 5.08 Å². The summed E-state index contributed by atoms with van der Waals surface area (Å²) in [6, 6.07) is 0. The van der Waals surface area contributed by atoms with E-state index in [1.54, 1.807) is 0 Å². The summed E-state index contributed by atoms with van der Waals surface area (Å²) in [5.41, 5.74) is 0. The average molecular weight is 234 g/mol. The Morgan fingerprint density at radius 2 is 2.25 bits per heavy atom. The monoisotopic (exact) mass is 233 g/mol. The van der Waals surface area contributed by atoms with Crippen molar-refractivity contribution < 1.29 is 0 Å². The smallest absolute Gasteiger partial charge is 0.175 e. The third-order valence-electron chi connectivity index (χ3n) is 1.96. The summed E-state index contributed by atoms with van der Waals surface area (Å²) in [6.07, 6.45) is 4.38. The molecule has 0 saturated heterocycles. The van der Waals surface area contributed by atoms with Gasteiger partial charge in [-0.3, -0.25) is 5.01 Å². The third-order valence-corrected chi connectivity index (χ3v) is 2.96. The quantitative estimate of drug-likeness (QED) is 0.547. The predicted molar refractivity (Wildman–Crippen MR) is 55.2 cm³/mol. The van der Waals surface area contributed by atoms with Crippen LogP contribution < -0.4 is 0 Å². The largest absolute Gasteiger partial charge is 0.331 e. The molecule has 0 aromatic rings. The van der Waals surface area contributed by atoms with E-state index >= 15 is 0 Å². The van der Waals surface area contributed by atoms with Crippen LogP contribution >= 0.6 is 15.9 Å². The lowest BCUT2D eigenvalue weighted by Crippen LogP contribution is -2.34. The Labute approximate surface area is 82.5 Å². The zero-order valence-corrected chi connectivity index (χ0v) is 9.29. The summed E-state index contributed by atoms with van der Waals surface area (Å²) in [5, 5.41) is 6.55. The highest BCUT2D eigenvalue weighted by Gasteiger charge is 2.22. The summed E-state index contributed by atoms with van der Waals surface area (Å²) in [6.45, 7) is 6.35. The standard InChI is InChI=1S/C8H16BrN3/c1-3-5-6-11-7-10-12(4-2)8(11)9/h7-8H,3-6H2,1-2H3. The molecule has 4 heteroatoms. The minimum Gasteiger partial charge on any atom is -0.331 e. The molecular formula is C8H16BrN3. The highest BCUT2D eigenvalue weighted by Crippen LogP contribution is 2.17. The lowest BCUT2D eigenvalue weighted by Gasteiger charge is -2.24. The molecule has 1 atom stereocenters. The molecule has 0 aliphatic carbocycles. The van der Waals surface area contributed by atoms with Crippen LogP contribution in [-0.2, 0) is 0 Å². The van der Waals surface area contributed by atoms with E-state index in [2.05, 4.69) is 39.8 Å². The van der Waals surface area contributed by atoms with Gasteiger partial charge in [0.25, 0.3) is 0 Å². The van der Waals surface area contributed by atoms with E-state index in [0.29, 0.717) is 0 Å². The molecule has 0 N–H and O–H groups in total. The number of hydrogen-bond acceptors (Lipinski definition) is 3. The first-order valence-corrected chi connectivity index (χ1v) is 5.41. The van der Waals surface area contributed by atoms with Crippen LogP contribution in [0.15, 0.2) is 5.10 Å². The van der Waals surface area contributed by atoms with E-state index in [0.717, 1.165) is 13.1 Å². The molecule has 1 aliphatic rings. The van der Waals surface area contributed by atoms with E-state index in [1.807, 2.05) is 11.3 Å². The van der Waals surface area contributed by atoms with Crippen LogP contribution in [0.25, 0.3) is 0 Å². The molecule has 0 aromatic heterocycles. The van der Waals surface area contributed by atoms with Crippen LogP contribution in [0.1, 0.15) is 26.7 Å². The van der Waals surface area contributed by atoms with Gasteiger partial charge in [-0.25, -0.2) is 0 Å². The number of alkyl halides is 1. The van der Waals surface area contributed by atoms with Gasteiger partial charge in [0.2, 0.25) is 0 Å². The van der Waals surface area contributed by atoms with Crippen molar-refractivity contribution in [1.29, 1.82) is 0 Å². The van der Waals surface area contributed by atoms with Crippen molar-refractivity contribution in [2.45, 2.75) is 31.8 Å². The normalized spacial score (nSPS) is 22.4. The molecule has 1 unspecified atom stereocenters. The molecule has 0 saturated carbocycles. The van der Waals surface area contributed by atoms with Gasteiger partial charge < -0.3 is 4.90 Å². The van der Waals surface area contributed by atoms with Crippen LogP contribution in [0.4, 0.5) is 0 Å². The number of hydrazone groups is 1. The minimum atomic E-state index is 0.272. The van der Waals surface area contributed by atoms with Gasteiger partial charge in [0, 0.05) is 13.1 Å². The van der Waals surface area contributed by atoms with Gasteiger partial charge in [-0.05, 0) is 29.3 Å². The van der Waals surface area contributed by atoms with Gasteiger partial charge >= 0.3 is 0 Å². The summed E-state index contributed by atoms with van der Waals surface area (Å²) in [4.78, 5) is 2.22. The van der Waals surface area contributed by atoms with Crippen molar-refractivity contribution in [3.8, 4) is 0 Å². The lowest BCUT2D eigenvalue weighted by atomic mass is 10.3. The first-order valence-electron chi connectivity index (χ1n) is 4.50. The second-order valence-corrected chi connectivity index (χ2v) is 3.71. The van der Waals surface area contributed by atoms with E-state index in [4.69, 9.17) is 0 Å². The Hall–Kier alpha value is -0.250. The van der Waals surface area contributed by atoms with Gasteiger partial charge in [-0.15, -0.1) is 0 Å². The van der Waals surface area contributed by atoms with Gasteiger partial charge in [-0.2, -0.15) is 5.10 Å². The van der Waals surface area contributed by atoms with E-state index in [9.17, 15) is 0 Å². The molecule has 1 rings (SSSR count). The minimum absolute atomic E-state index is 0.272. The van der Waals surface area contributed by atoms with Crippen LogP contribution in [0.5, 0.6) is 0 Å². The molecule has 0 fully saturated rings. The number of unbranched alkanes of at least 4 members (excludes halogenated alkanes) is 1. The molecule has 1 heterocycles. The van der Waals surface area contributed by atoms with Gasteiger partial charge in [-0.1, -0.05) is 13.3 Å². The Morgan fingerprint density at radius 1 is 1.50 bits per heavy atom. The molecule has 70 valence electrons. The fraction of sp³-hybridized carbons (Fsp3) is 0.875. The summed E-state index contributed by atoms with van der Waals surface area (Å²) < 4.78 is 0. The fourth-order valence-corrected chi connectivity index (χ4v) is 1.86. The zero-order chi connectivity index (χ0) is 8.97. The van der Waals surface area contributed by atoms with Crippen LogP contribution in [0, 0.1) is 0 Å². The zero-order valence-electron chi connectivity index (χ0n) is 7.70. The number of halogens is 1. The molecule has 0 radical (unpaired) electrons. The molecule has 0 spiro atoms. The van der Waals surface area contributed by atoms with Crippen molar-refractivity contribution in [2.24, 2.45) is 5.10 Å². The predicted octanol–water partition coefficient (Wildman–Crippen LogP) is 2.05. The molecule has 3 nitrogen and oxygen atoms in total. The maximum Gasteiger partial charge on any atom is 0.175 e. The first kappa shape index (κ1) is 9.84. The second-order valence-electron chi connectivity index (χ2n) is 2.89. The maximum atomic E-state index is 4.26. The number of hydrogen-bond donors (Lipinski definition) is 0. The number of rotatable bonds is 4. The maximum absolute atomic E-state index is 4.26. The number of nitrogens with zero attached hydrogens (tertiary/aromatic N) is 3. The average Bonchev–Trinajstić information content (AvgIpc) is 2.43. The van der Waals surface area contributed by atoms with Gasteiger partial charge in [0.15, 0.2) is 5.08 Å². The van der Waals surface area contributed by atoms with Crippen LogP contribution in [-0.4, -0.2) is 34.4 Å². The van der Waals surface area contributed by atoms with Crippen LogP contribution in [0.3, 0.4) is 0 Å². The van der Waals surface area contributed by atoms with E-state index in [1.165, 1.54) is 12.8 Å². The van der Waals surface area contributed by atoms with E-state index < -0.39 is 0 Å². The molecule has 0 amide bonds. The lowest BCUT2D eigenvalue weighted by molar-refractivity contribution is 0.219. The highest BCUT2D eigenvalue weighted by atomic mass is 79.9.